The molecule has 0 aromatic heterocycles. The molecule has 0 spiro atoms. The Morgan fingerprint density at radius 2 is 2.44 bits per heavy atom. The molecule has 2 nitrogen and oxygen atoms in total. The number of nitrogens with two attached hydrogens (primary N) is 1. The second-order valence-electron chi connectivity index (χ2n) is 2.17. The molecule has 1 atom stereocenters. The van der Waals surface area contributed by atoms with Crippen LogP contribution in [0.2, 0.25) is 0 Å². The van der Waals surface area contributed by atoms with E-state index in [0.717, 1.165) is 13.0 Å². The van der Waals surface area contributed by atoms with Crippen molar-refractivity contribution in [2.24, 2.45) is 5.73 Å². The third-order valence-electron chi connectivity index (χ3n) is 1.19. The maximum atomic E-state index is 5.37. The van der Waals surface area contributed by atoms with Crippen molar-refractivity contribution in [1.82, 2.24) is 5.32 Å². The maximum absolute atomic E-state index is 5.37. The molecule has 0 aromatic rings. The van der Waals surface area contributed by atoms with Gasteiger partial charge in [0, 0.05) is 12.6 Å². The summed E-state index contributed by atoms with van der Waals surface area (Å²) in [5.74, 6) is 0. The summed E-state index contributed by atoms with van der Waals surface area (Å²) < 4.78 is 0. The minimum absolute atomic E-state index is 0.435. The van der Waals surface area contributed by atoms with Gasteiger partial charge in [-0.25, -0.2) is 0 Å². The van der Waals surface area contributed by atoms with Crippen molar-refractivity contribution in [3.8, 4) is 0 Å². The zero-order chi connectivity index (χ0) is 7.11. The Morgan fingerprint density at radius 1 is 1.78 bits per heavy atom. The summed E-state index contributed by atoms with van der Waals surface area (Å²) in [6, 6.07) is 0.435. The highest BCUT2D eigenvalue weighted by Crippen LogP contribution is 1.79. The Bertz CT molecular complexity index is 71.3. The lowest BCUT2D eigenvalue weighted by Gasteiger charge is -2.08. The summed E-state index contributed by atoms with van der Waals surface area (Å²) in [6.45, 7) is 7.38. The van der Waals surface area contributed by atoms with E-state index in [2.05, 4.69) is 18.8 Å². The molecule has 0 radical (unpaired) electrons. The van der Waals surface area contributed by atoms with Crippen molar-refractivity contribution in [3.05, 3.63) is 12.7 Å². The van der Waals surface area contributed by atoms with Crippen LogP contribution in [0.25, 0.3) is 0 Å². The van der Waals surface area contributed by atoms with Gasteiger partial charge in [0.1, 0.15) is 0 Å². The van der Waals surface area contributed by atoms with Crippen LogP contribution in [-0.4, -0.2) is 19.1 Å². The first-order valence-electron chi connectivity index (χ1n) is 3.35. The molecule has 0 rings (SSSR count). The zero-order valence-corrected chi connectivity index (χ0v) is 6.06. The first-order valence-corrected chi connectivity index (χ1v) is 3.35. The van der Waals surface area contributed by atoms with Gasteiger partial charge in [-0.1, -0.05) is 6.08 Å². The molecule has 0 unspecified atom stereocenters. The summed E-state index contributed by atoms with van der Waals surface area (Å²) in [4.78, 5) is 0. The average Bonchev–Trinajstić information content (AvgIpc) is 1.89. The van der Waals surface area contributed by atoms with E-state index < -0.39 is 0 Å². The van der Waals surface area contributed by atoms with Crippen LogP contribution in [0.4, 0.5) is 0 Å². The molecule has 0 aliphatic rings. The van der Waals surface area contributed by atoms with Gasteiger partial charge >= 0.3 is 0 Å². The summed E-state index contributed by atoms with van der Waals surface area (Å²) in [7, 11) is 0. The lowest BCUT2D eigenvalue weighted by molar-refractivity contribution is 0.563. The molecule has 0 fully saturated rings. The van der Waals surface area contributed by atoms with E-state index in [1.54, 1.807) is 0 Å². The van der Waals surface area contributed by atoms with E-state index in [1.807, 2.05) is 6.08 Å². The molecule has 0 bridgehead atoms. The van der Waals surface area contributed by atoms with Crippen LogP contribution in [0.5, 0.6) is 0 Å². The SMILES string of the molecule is C=CCCN[C@@H](C)CN. The van der Waals surface area contributed by atoms with Crippen molar-refractivity contribution in [2.75, 3.05) is 13.1 Å². The minimum atomic E-state index is 0.435. The van der Waals surface area contributed by atoms with Crippen molar-refractivity contribution in [3.63, 3.8) is 0 Å². The molecule has 0 aliphatic heterocycles. The zero-order valence-electron chi connectivity index (χ0n) is 6.06. The number of hydrogen-bond donors (Lipinski definition) is 2. The van der Waals surface area contributed by atoms with Gasteiger partial charge in [0.2, 0.25) is 0 Å². The van der Waals surface area contributed by atoms with E-state index >= 15 is 0 Å². The Morgan fingerprint density at radius 3 is 2.89 bits per heavy atom. The predicted molar refractivity (Wildman–Crippen MR) is 41.3 cm³/mol. The van der Waals surface area contributed by atoms with Gasteiger partial charge in [-0.15, -0.1) is 6.58 Å². The molecule has 54 valence electrons. The average molecular weight is 128 g/mol. The van der Waals surface area contributed by atoms with E-state index in [1.165, 1.54) is 0 Å². The van der Waals surface area contributed by atoms with Crippen LogP contribution in [0.3, 0.4) is 0 Å². The van der Waals surface area contributed by atoms with Gasteiger partial charge in [-0.05, 0) is 19.9 Å². The molecule has 0 heterocycles. The molecule has 9 heavy (non-hydrogen) atoms. The largest absolute Gasteiger partial charge is 0.329 e. The molecule has 3 N–H and O–H groups in total. The quantitative estimate of drug-likeness (QED) is 0.418. The van der Waals surface area contributed by atoms with Crippen LogP contribution >= 0.6 is 0 Å². The van der Waals surface area contributed by atoms with E-state index in [0.29, 0.717) is 12.6 Å². The van der Waals surface area contributed by atoms with Crippen LogP contribution < -0.4 is 11.1 Å². The molecule has 0 saturated heterocycles. The summed E-state index contributed by atoms with van der Waals surface area (Å²) in [5, 5.41) is 3.24. The minimum Gasteiger partial charge on any atom is -0.329 e. The predicted octanol–water partition coefficient (Wildman–Crippen LogP) is 0.499. The lowest BCUT2D eigenvalue weighted by atomic mass is 10.3. The van der Waals surface area contributed by atoms with Gasteiger partial charge in [0.25, 0.3) is 0 Å². The molecule has 0 amide bonds. The third kappa shape index (κ3) is 5.53. The topological polar surface area (TPSA) is 38.0 Å². The highest BCUT2D eigenvalue weighted by molar-refractivity contribution is 4.69. The second kappa shape index (κ2) is 5.79. The summed E-state index contributed by atoms with van der Waals surface area (Å²) >= 11 is 0. The fraction of sp³-hybridized carbons (Fsp3) is 0.714. The van der Waals surface area contributed by atoms with Crippen molar-refractivity contribution in [2.45, 2.75) is 19.4 Å². The third-order valence-corrected chi connectivity index (χ3v) is 1.19. The molecule has 2 heteroatoms. The number of nitrogens with one attached hydrogen (secondary N) is 1. The van der Waals surface area contributed by atoms with E-state index in [4.69, 9.17) is 5.73 Å². The van der Waals surface area contributed by atoms with Crippen molar-refractivity contribution >= 4 is 0 Å². The molecule has 0 aromatic carbocycles. The maximum Gasteiger partial charge on any atom is 0.0162 e. The molecular formula is C7H16N2. The van der Waals surface area contributed by atoms with Crippen LogP contribution in [0.15, 0.2) is 12.7 Å². The Hall–Kier alpha value is -0.340. The first-order chi connectivity index (χ1) is 4.31. The lowest BCUT2D eigenvalue weighted by Crippen LogP contribution is -2.33. The number of rotatable bonds is 5. The van der Waals surface area contributed by atoms with Crippen molar-refractivity contribution < 1.29 is 0 Å². The Balaban J connectivity index is 2.96. The summed E-state index contributed by atoms with van der Waals surface area (Å²) in [6.07, 6.45) is 2.92. The molecule has 0 saturated carbocycles. The van der Waals surface area contributed by atoms with Crippen LogP contribution in [0.1, 0.15) is 13.3 Å². The van der Waals surface area contributed by atoms with Gasteiger partial charge in [0.05, 0.1) is 0 Å². The molecule has 0 aliphatic carbocycles. The van der Waals surface area contributed by atoms with Gasteiger partial charge in [-0.3, -0.25) is 0 Å². The highest BCUT2D eigenvalue weighted by Gasteiger charge is 1.92. The summed E-state index contributed by atoms with van der Waals surface area (Å²) in [5.41, 5.74) is 5.37. The smallest absolute Gasteiger partial charge is 0.0162 e. The van der Waals surface area contributed by atoms with Crippen molar-refractivity contribution in [1.29, 1.82) is 0 Å². The van der Waals surface area contributed by atoms with Gasteiger partial charge < -0.3 is 11.1 Å². The van der Waals surface area contributed by atoms with E-state index in [-0.39, 0.29) is 0 Å². The van der Waals surface area contributed by atoms with Crippen LogP contribution in [-0.2, 0) is 0 Å². The Labute approximate surface area is 57.1 Å². The van der Waals surface area contributed by atoms with Gasteiger partial charge in [-0.2, -0.15) is 0 Å². The monoisotopic (exact) mass is 128 g/mol. The normalized spacial score (nSPS) is 13.1. The second-order valence-corrected chi connectivity index (χ2v) is 2.17. The number of hydrogen-bond acceptors (Lipinski definition) is 2. The molecular weight excluding hydrogens is 112 g/mol. The van der Waals surface area contributed by atoms with Crippen LogP contribution in [0, 0.1) is 0 Å². The van der Waals surface area contributed by atoms with Gasteiger partial charge in [0.15, 0.2) is 0 Å². The highest BCUT2D eigenvalue weighted by atomic mass is 14.9. The first kappa shape index (κ1) is 8.66. The fourth-order valence-electron chi connectivity index (χ4n) is 0.515. The fourth-order valence-corrected chi connectivity index (χ4v) is 0.515. The van der Waals surface area contributed by atoms with E-state index in [9.17, 15) is 0 Å². The standard InChI is InChI=1S/C7H16N2/c1-3-4-5-9-7(2)6-8/h3,7,9H,1,4-6,8H2,2H3/t7-/m0/s1. The Kier molecular flexibility index (Phi) is 5.57.